The Morgan fingerprint density at radius 3 is 2.25 bits per heavy atom. The Bertz CT molecular complexity index is 911. The number of hydrogen-bond acceptors (Lipinski definition) is 5. The van der Waals surface area contributed by atoms with Crippen molar-refractivity contribution in [3.63, 3.8) is 0 Å². The molecule has 1 N–H and O–H groups in total. The molecule has 1 aliphatic carbocycles. The number of anilines is 1. The van der Waals surface area contributed by atoms with E-state index in [9.17, 15) is 19.7 Å². The van der Waals surface area contributed by atoms with E-state index in [1.165, 1.54) is 12.1 Å². The van der Waals surface area contributed by atoms with Crippen molar-refractivity contribution in [2.45, 2.75) is 39.5 Å². The number of Topliss-reactive ketones (excluding diaryl/α,β-unsaturated/α-hetero) is 2. The molecular weight excluding hydrogens is 356 g/mol. The Labute approximate surface area is 164 Å². The number of rotatable bonds is 6. The van der Waals surface area contributed by atoms with E-state index in [-0.39, 0.29) is 29.6 Å². The maximum atomic E-state index is 12.9. The normalized spacial score (nSPS) is 19.1. The number of nitro benzene ring substituents is 1. The van der Waals surface area contributed by atoms with E-state index in [0.29, 0.717) is 13.0 Å². The first kappa shape index (κ1) is 19.7. The predicted octanol–water partition coefficient (Wildman–Crippen LogP) is 4.26. The molecule has 1 saturated carbocycles. The highest BCUT2D eigenvalue weighted by atomic mass is 16.6. The van der Waals surface area contributed by atoms with Crippen LogP contribution >= 0.6 is 0 Å². The van der Waals surface area contributed by atoms with Crippen LogP contribution in [0.3, 0.4) is 0 Å². The molecule has 0 amide bonds. The number of aryl methyl sites for hydroxylation is 3. The van der Waals surface area contributed by atoms with Gasteiger partial charge in [-0.3, -0.25) is 19.7 Å². The third-order valence-corrected chi connectivity index (χ3v) is 5.38. The molecule has 3 rings (SSSR count). The van der Waals surface area contributed by atoms with Crippen LogP contribution in [0.2, 0.25) is 0 Å². The number of non-ortho nitro benzene ring substituents is 1. The summed E-state index contributed by atoms with van der Waals surface area (Å²) in [6.07, 6.45) is 0.834. The van der Waals surface area contributed by atoms with E-state index in [0.717, 1.165) is 27.9 Å². The van der Waals surface area contributed by atoms with Crippen molar-refractivity contribution in [1.29, 1.82) is 0 Å². The maximum absolute atomic E-state index is 12.9. The van der Waals surface area contributed by atoms with Crippen molar-refractivity contribution >= 4 is 22.9 Å². The average molecular weight is 380 g/mol. The molecule has 0 aliphatic heterocycles. The largest absolute Gasteiger partial charge is 0.385 e. The predicted molar refractivity (Wildman–Crippen MR) is 108 cm³/mol. The first-order valence-electron chi connectivity index (χ1n) is 9.40. The number of nitro groups is 1. The molecule has 6 heteroatoms. The van der Waals surface area contributed by atoms with Crippen LogP contribution in [0.5, 0.6) is 0 Å². The number of nitrogens with zero attached hydrogens (tertiary/aromatic N) is 1. The number of carbonyl (C=O) groups is 2. The van der Waals surface area contributed by atoms with Gasteiger partial charge in [0.1, 0.15) is 11.7 Å². The first-order chi connectivity index (χ1) is 13.3. The Morgan fingerprint density at radius 1 is 1.07 bits per heavy atom. The third-order valence-electron chi connectivity index (χ3n) is 5.38. The van der Waals surface area contributed by atoms with Gasteiger partial charge in [0.15, 0.2) is 5.78 Å². The minimum Gasteiger partial charge on any atom is -0.385 e. The Morgan fingerprint density at radius 2 is 1.68 bits per heavy atom. The summed E-state index contributed by atoms with van der Waals surface area (Å²) in [6.45, 7) is 6.45. The van der Waals surface area contributed by atoms with E-state index in [4.69, 9.17) is 0 Å². The molecule has 6 nitrogen and oxygen atoms in total. The number of benzene rings is 2. The highest BCUT2D eigenvalue weighted by Gasteiger charge is 2.42. The lowest BCUT2D eigenvalue weighted by molar-refractivity contribution is -0.384. The van der Waals surface area contributed by atoms with Crippen molar-refractivity contribution in [3.05, 3.63) is 68.8 Å². The highest BCUT2D eigenvalue weighted by molar-refractivity contribution is 6.15. The van der Waals surface area contributed by atoms with Crippen LogP contribution < -0.4 is 5.32 Å². The second-order valence-electron chi connectivity index (χ2n) is 7.53. The van der Waals surface area contributed by atoms with E-state index >= 15 is 0 Å². The minimum atomic E-state index is -0.648. The molecule has 0 radical (unpaired) electrons. The lowest BCUT2D eigenvalue weighted by atomic mass is 9.86. The Kier molecular flexibility index (Phi) is 5.58. The molecule has 1 aliphatic rings. The van der Waals surface area contributed by atoms with Gasteiger partial charge in [0.2, 0.25) is 0 Å². The van der Waals surface area contributed by atoms with Crippen LogP contribution in [0, 0.1) is 36.8 Å². The first-order valence-corrected chi connectivity index (χ1v) is 9.40. The van der Waals surface area contributed by atoms with E-state index in [1.54, 1.807) is 12.1 Å². The molecule has 2 aromatic rings. The van der Waals surface area contributed by atoms with Crippen molar-refractivity contribution in [2.24, 2.45) is 5.92 Å². The van der Waals surface area contributed by atoms with Crippen molar-refractivity contribution < 1.29 is 14.5 Å². The molecule has 146 valence electrons. The number of carbonyl (C=O) groups excluding carboxylic acids is 2. The van der Waals surface area contributed by atoms with Crippen LogP contribution in [-0.4, -0.2) is 23.0 Å². The minimum absolute atomic E-state index is 0.000360. The molecule has 2 aromatic carbocycles. The van der Waals surface area contributed by atoms with Crippen LogP contribution in [0.15, 0.2) is 36.4 Å². The lowest BCUT2D eigenvalue weighted by Crippen LogP contribution is -2.19. The van der Waals surface area contributed by atoms with E-state index < -0.39 is 10.8 Å². The van der Waals surface area contributed by atoms with E-state index in [2.05, 4.69) is 5.32 Å². The van der Waals surface area contributed by atoms with Crippen molar-refractivity contribution in [2.75, 3.05) is 11.9 Å². The number of ketones is 2. The summed E-state index contributed by atoms with van der Waals surface area (Å²) in [5, 5.41) is 13.9. The molecule has 0 spiro atoms. The van der Waals surface area contributed by atoms with Gasteiger partial charge in [0.25, 0.3) is 5.69 Å². The van der Waals surface area contributed by atoms with Gasteiger partial charge in [0, 0.05) is 36.7 Å². The van der Waals surface area contributed by atoms with Crippen molar-refractivity contribution in [1.82, 2.24) is 0 Å². The Balaban J connectivity index is 1.65. The molecular formula is C22H24N2O4. The fraction of sp³-hybridized carbons (Fsp3) is 0.364. The standard InChI is InChI=1S/C22H24N2O4/c1-13-10-14(2)20(15(3)11-13)21-19(25)12-16(22(21)26)8-9-23-17-4-6-18(7-5-17)24(27)28/h4-7,10-11,16,21,23H,8-9,12H2,1-3H3. The molecule has 2 atom stereocenters. The van der Waals surface area contributed by atoms with Crippen LogP contribution in [0.4, 0.5) is 11.4 Å². The zero-order chi connectivity index (χ0) is 20.4. The SMILES string of the molecule is Cc1cc(C)c(C2C(=O)CC(CCNc3ccc([N+](=O)[O-])cc3)C2=O)c(C)c1. The Hall–Kier alpha value is -3.02. The van der Waals surface area contributed by atoms with Crippen LogP contribution in [-0.2, 0) is 9.59 Å². The second kappa shape index (κ2) is 7.92. The fourth-order valence-corrected chi connectivity index (χ4v) is 4.14. The molecule has 2 unspecified atom stereocenters. The summed E-state index contributed by atoms with van der Waals surface area (Å²) < 4.78 is 0. The zero-order valence-electron chi connectivity index (χ0n) is 16.3. The quantitative estimate of drug-likeness (QED) is 0.459. The van der Waals surface area contributed by atoms with Crippen LogP contribution in [0.25, 0.3) is 0 Å². The van der Waals surface area contributed by atoms with Gasteiger partial charge in [-0.2, -0.15) is 0 Å². The van der Waals surface area contributed by atoms with Gasteiger partial charge < -0.3 is 5.32 Å². The maximum Gasteiger partial charge on any atom is 0.269 e. The van der Waals surface area contributed by atoms with Crippen molar-refractivity contribution in [3.8, 4) is 0 Å². The summed E-state index contributed by atoms with van der Waals surface area (Å²) in [4.78, 5) is 35.8. The molecule has 0 heterocycles. The van der Waals surface area contributed by atoms with Gasteiger partial charge in [-0.1, -0.05) is 17.7 Å². The van der Waals surface area contributed by atoms with Crippen LogP contribution in [0.1, 0.15) is 41.0 Å². The lowest BCUT2D eigenvalue weighted by Gasteiger charge is -2.16. The summed E-state index contributed by atoms with van der Waals surface area (Å²) in [6, 6.07) is 10.2. The van der Waals surface area contributed by atoms with Gasteiger partial charge >= 0.3 is 0 Å². The summed E-state index contributed by atoms with van der Waals surface area (Å²) >= 11 is 0. The number of nitrogens with one attached hydrogen (secondary N) is 1. The number of hydrogen-bond donors (Lipinski definition) is 1. The summed E-state index contributed by atoms with van der Waals surface area (Å²) in [7, 11) is 0. The highest BCUT2D eigenvalue weighted by Crippen LogP contribution is 2.37. The average Bonchev–Trinajstić information content (AvgIpc) is 2.89. The topological polar surface area (TPSA) is 89.3 Å². The molecule has 28 heavy (non-hydrogen) atoms. The van der Waals surface area contributed by atoms with Gasteiger partial charge in [-0.25, -0.2) is 0 Å². The monoisotopic (exact) mass is 380 g/mol. The molecule has 0 bridgehead atoms. The molecule has 0 aromatic heterocycles. The second-order valence-corrected chi connectivity index (χ2v) is 7.53. The summed E-state index contributed by atoms with van der Waals surface area (Å²) in [5.74, 6) is -0.931. The summed E-state index contributed by atoms with van der Waals surface area (Å²) in [5.41, 5.74) is 4.77. The van der Waals surface area contributed by atoms with Gasteiger partial charge in [-0.05, 0) is 56.0 Å². The molecule has 1 fully saturated rings. The zero-order valence-corrected chi connectivity index (χ0v) is 16.3. The fourth-order valence-electron chi connectivity index (χ4n) is 4.14. The van der Waals surface area contributed by atoms with Gasteiger partial charge in [-0.15, -0.1) is 0 Å². The smallest absolute Gasteiger partial charge is 0.269 e. The van der Waals surface area contributed by atoms with E-state index in [1.807, 2.05) is 32.9 Å². The molecule has 0 saturated heterocycles. The van der Waals surface area contributed by atoms with Gasteiger partial charge in [0.05, 0.1) is 4.92 Å². The third kappa shape index (κ3) is 3.96.